The van der Waals surface area contributed by atoms with Gasteiger partial charge in [-0.1, -0.05) is 0 Å². The van der Waals surface area contributed by atoms with Crippen molar-refractivity contribution >= 4 is 17.8 Å². The van der Waals surface area contributed by atoms with Crippen molar-refractivity contribution in [2.24, 2.45) is 5.41 Å². The molecule has 7 nitrogen and oxygen atoms in total. The molecule has 0 radical (unpaired) electrons. The van der Waals surface area contributed by atoms with Gasteiger partial charge in [0.15, 0.2) is 0 Å². The van der Waals surface area contributed by atoms with E-state index in [0.29, 0.717) is 13.2 Å². The van der Waals surface area contributed by atoms with Gasteiger partial charge in [-0.2, -0.15) is 0 Å². The predicted molar refractivity (Wildman–Crippen MR) is 69.7 cm³/mol. The van der Waals surface area contributed by atoms with Gasteiger partial charge >= 0.3 is 5.97 Å². The third-order valence-corrected chi connectivity index (χ3v) is 4.14. The number of rotatable bonds is 3. The second kappa shape index (κ2) is 4.92. The Hall–Kier alpha value is -2.28. The number of carbonyl (C=O) groups excluding carboxylic acids is 2. The molecule has 3 heterocycles. The quantitative estimate of drug-likeness (QED) is 0.817. The first-order valence-corrected chi connectivity index (χ1v) is 6.66. The van der Waals surface area contributed by atoms with Crippen LogP contribution in [0.2, 0.25) is 0 Å². The van der Waals surface area contributed by atoms with Gasteiger partial charge in [-0.05, 0) is 18.9 Å². The smallest absolute Gasteiger partial charge is 0.311 e. The number of imide groups is 1. The molecule has 0 aromatic carbocycles. The first kappa shape index (κ1) is 13.7. The summed E-state index contributed by atoms with van der Waals surface area (Å²) in [5, 5.41) is 9.52. The maximum Gasteiger partial charge on any atom is 0.311 e. The van der Waals surface area contributed by atoms with Crippen LogP contribution in [0.1, 0.15) is 33.6 Å². The highest BCUT2D eigenvalue weighted by Gasteiger charge is 2.46. The molecule has 1 aromatic heterocycles. The SMILES string of the molecule is O=C1c2ccncc2C(=O)N1CC1(C(=O)O)CCOCC1. The molecule has 110 valence electrons. The normalized spacial score (nSPS) is 20.5. The Labute approximate surface area is 120 Å². The molecule has 0 unspecified atom stereocenters. The van der Waals surface area contributed by atoms with Crippen LogP contribution >= 0.6 is 0 Å². The second-order valence-corrected chi connectivity index (χ2v) is 5.32. The first-order chi connectivity index (χ1) is 10.1. The van der Waals surface area contributed by atoms with Gasteiger partial charge in [0.2, 0.25) is 0 Å². The lowest BCUT2D eigenvalue weighted by Crippen LogP contribution is -2.48. The zero-order valence-electron chi connectivity index (χ0n) is 11.2. The molecular formula is C14H14N2O5. The van der Waals surface area contributed by atoms with Crippen LogP contribution in [0.3, 0.4) is 0 Å². The van der Waals surface area contributed by atoms with Gasteiger partial charge in [0, 0.05) is 32.2 Å². The molecule has 0 atom stereocenters. The Balaban J connectivity index is 1.90. The number of hydrogen-bond donors (Lipinski definition) is 1. The van der Waals surface area contributed by atoms with E-state index in [4.69, 9.17) is 4.74 Å². The van der Waals surface area contributed by atoms with Gasteiger partial charge in [0.05, 0.1) is 16.5 Å². The largest absolute Gasteiger partial charge is 0.481 e. The molecule has 0 spiro atoms. The minimum Gasteiger partial charge on any atom is -0.481 e. The van der Waals surface area contributed by atoms with Crippen molar-refractivity contribution in [3.63, 3.8) is 0 Å². The van der Waals surface area contributed by atoms with Crippen LogP contribution in [-0.2, 0) is 9.53 Å². The molecule has 7 heteroatoms. The Morgan fingerprint density at radius 1 is 1.29 bits per heavy atom. The van der Waals surface area contributed by atoms with Crippen molar-refractivity contribution in [2.75, 3.05) is 19.8 Å². The summed E-state index contributed by atoms with van der Waals surface area (Å²) < 4.78 is 5.19. The molecule has 0 bridgehead atoms. The number of carbonyl (C=O) groups is 3. The lowest BCUT2D eigenvalue weighted by atomic mass is 9.79. The van der Waals surface area contributed by atoms with Crippen molar-refractivity contribution in [2.45, 2.75) is 12.8 Å². The van der Waals surface area contributed by atoms with Crippen molar-refractivity contribution in [3.05, 3.63) is 29.6 Å². The van der Waals surface area contributed by atoms with E-state index >= 15 is 0 Å². The van der Waals surface area contributed by atoms with Crippen molar-refractivity contribution in [1.82, 2.24) is 9.88 Å². The Kier molecular flexibility index (Phi) is 3.21. The topological polar surface area (TPSA) is 96.8 Å². The maximum absolute atomic E-state index is 12.3. The predicted octanol–water partition coefficient (Wildman–Crippen LogP) is 0.559. The van der Waals surface area contributed by atoms with E-state index in [9.17, 15) is 19.5 Å². The van der Waals surface area contributed by atoms with Crippen LogP contribution in [0.5, 0.6) is 0 Å². The molecule has 0 saturated carbocycles. The van der Waals surface area contributed by atoms with E-state index in [1.807, 2.05) is 0 Å². The maximum atomic E-state index is 12.3. The summed E-state index contributed by atoms with van der Waals surface area (Å²) in [5.74, 6) is -1.93. The molecule has 1 N–H and O–H groups in total. The molecule has 0 aliphatic carbocycles. The van der Waals surface area contributed by atoms with Gasteiger partial charge in [-0.25, -0.2) is 0 Å². The highest BCUT2D eigenvalue weighted by Crippen LogP contribution is 2.34. The average Bonchev–Trinajstić information content (AvgIpc) is 2.74. The van der Waals surface area contributed by atoms with E-state index in [1.54, 1.807) is 0 Å². The molecule has 2 aliphatic rings. The molecule has 1 saturated heterocycles. The first-order valence-electron chi connectivity index (χ1n) is 6.66. The summed E-state index contributed by atoms with van der Waals surface area (Å²) in [6.45, 7) is 0.506. The number of nitrogens with zero attached hydrogens (tertiary/aromatic N) is 2. The van der Waals surface area contributed by atoms with Crippen LogP contribution in [0, 0.1) is 5.41 Å². The highest BCUT2D eigenvalue weighted by molar-refractivity contribution is 6.21. The van der Waals surface area contributed by atoms with E-state index in [1.165, 1.54) is 18.5 Å². The summed E-state index contributed by atoms with van der Waals surface area (Å²) in [5.41, 5.74) is -0.614. The monoisotopic (exact) mass is 290 g/mol. The second-order valence-electron chi connectivity index (χ2n) is 5.32. The number of aliphatic carboxylic acids is 1. The summed E-state index contributed by atoms with van der Waals surface area (Å²) in [4.78, 5) is 41.1. The lowest BCUT2D eigenvalue weighted by Gasteiger charge is -2.35. The number of amides is 2. The van der Waals surface area contributed by atoms with Gasteiger partial charge in [-0.15, -0.1) is 0 Å². The fraction of sp³-hybridized carbons (Fsp3) is 0.429. The summed E-state index contributed by atoms with van der Waals surface area (Å²) in [6, 6.07) is 1.48. The van der Waals surface area contributed by atoms with Crippen LogP contribution in [0.4, 0.5) is 0 Å². The summed E-state index contributed by atoms with van der Waals surface area (Å²) in [7, 11) is 0. The summed E-state index contributed by atoms with van der Waals surface area (Å²) in [6.07, 6.45) is 3.35. The number of hydrogen-bond acceptors (Lipinski definition) is 5. The minimum absolute atomic E-state index is 0.127. The zero-order chi connectivity index (χ0) is 15.0. The van der Waals surface area contributed by atoms with Crippen LogP contribution in [-0.4, -0.2) is 52.5 Å². The van der Waals surface area contributed by atoms with Crippen LogP contribution < -0.4 is 0 Å². The third kappa shape index (κ3) is 2.09. The molecule has 3 rings (SSSR count). The molecule has 1 fully saturated rings. The lowest BCUT2D eigenvalue weighted by molar-refractivity contribution is -0.155. The van der Waals surface area contributed by atoms with Crippen molar-refractivity contribution in [3.8, 4) is 0 Å². The zero-order valence-corrected chi connectivity index (χ0v) is 11.2. The molecule has 2 aliphatic heterocycles. The fourth-order valence-corrected chi connectivity index (χ4v) is 2.78. The molecule has 2 amide bonds. The standard InChI is InChI=1S/C14H14N2O5/c17-11-9-1-4-15-7-10(9)12(18)16(11)8-14(13(19)20)2-5-21-6-3-14/h1,4,7H,2-3,5-6,8H2,(H,19,20). The van der Waals surface area contributed by atoms with E-state index in [2.05, 4.69) is 4.98 Å². The van der Waals surface area contributed by atoms with Gasteiger partial charge < -0.3 is 9.84 Å². The number of carboxylic acids is 1. The molecule has 21 heavy (non-hydrogen) atoms. The van der Waals surface area contributed by atoms with Gasteiger partial charge in [0.1, 0.15) is 0 Å². The molecule has 1 aromatic rings. The van der Waals surface area contributed by atoms with E-state index < -0.39 is 23.2 Å². The van der Waals surface area contributed by atoms with Crippen molar-refractivity contribution in [1.29, 1.82) is 0 Å². The Morgan fingerprint density at radius 2 is 1.95 bits per heavy atom. The van der Waals surface area contributed by atoms with E-state index in [-0.39, 0.29) is 30.5 Å². The average molecular weight is 290 g/mol. The van der Waals surface area contributed by atoms with Gasteiger partial charge in [-0.3, -0.25) is 24.3 Å². The summed E-state index contributed by atoms with van der Waals surface area (Å²) >= 11 is 0. The number of ether oxygens (including phenoxy) is 1. The van der Waals surface area contributed by atoms with Crippen LogP contribution in [0.25, 0.3) is 0 Å². The number of pyridine rings is 1. The number of fused-ring (bicyclic) bond motifs is 1. The van der Waals surface area contributed by atoms with Gasteiger partial charge in [0.25, 0.3) is 11.8 Å². The van der Waals surface area contributed by atoms with Crippen LogP contribution in [0.15, 0.2) is 18.5 Å². The molecular weight excluding hydrogens is 276 g/mol. The fourth-order valence-electron chi connectivity index (χ4n) is 2.78. The van der Waals surface area contributed by atoms with E-state index in [0.717, 1.165) is 4.90 Å². The Morgan fingerprint density at radius 3 is 2.57 bits per heavy atom. The van der Waals surface area contributed by atoms with Crippen molar-refractivity contribution < 1.29 is 24.2 Å². The highest BCUT2D eigenvalue weighted by atomic mass is 16.5. The third-order valence-electron chi connectivity index (χ3n) is 4.14. The number of aromatic nitrogens is 1. The minimum atomic E-state index is -1.13. The Bertz CT molecular complexity index is 587. The number of carboxylic acid groups (broad SMARTS) is 1.